The molecule has 1 atom stereocenters. The van der Waals surface area contributed by atoms with Crippen LogP contribution in [0, 0.1) is 5.92 Å². The van der Waals surface area contributed by atoms with Gasteiger partial charge in [-0.05, 0) is 32.6 Å². The summed E-state index contributed by atoms with van der Waals surface area (Å²) in [4.78, 5) is 0. The lowest BCUT2D eigenvalue weighted by atomic mass is 9.89. The Morgan fingerprint density at radius 2 is 2.42 bits per heavy atom. The maximum Gasteiger partial charge on any atom is 0.0531 e. The van der Waals surface area contributed by atoms with Crippen molar-refractivity contribution in [1.82, 2.24) is 0 Å². The first-order valence-electron chi connectivity index (χ1n) is 4.81. The maximum absolute atomic E-state index is 9.12. The standard InChI is InChI=1S/C11H18O/c1-2-6-11(9-12)10-7-4-3-5-8-10/h2,6-7,11-12H,3-5,8-9H2,1H3/b6-2+. The van der Waals surface area contributed by atoms with Crippen LogP contribution in [-0.4, -0.2) is 11.7 Å². The van der Waals surface area contributed by atoms with Crippen molar-refractivity contribution in [2.24, 2.45) is 5.92 Å². The lowest BCUT2D eigenvalue weighted by Gasteiger charge is -2.18. The fraction of sp³-hybridized carbons (Fsp3) is 0.636. The molecule has 0 radical (unpaired) electrons. The van der Waals surface area contributed by atoms with Crippen LogP contribution in [0.3, 0.4) is 0 Å². The van der Waals surface area contributed by atoms with E-state index < -0.39 is 0 Å². The Morgan fingerprint density at radius 3 is 2.92 bits per heavy atom. The number of hydrogen-bond donors (Lipinski definition) is 1. The van der Waals surface area contributed by atoms with Crippen LogP contribution in [0.2, 0.25) is 0 Å². The van der Waals surface area contributed by atoms with E-state index in [9.17, 15) is 0 Å². The van der Waals surface area contributed by atoms with E-state index >= 15 is 0 Å². The molecule has 0 bridgehead atoms. The molecular formula is C11H18O. The second-order valence-electron chi connectivity index (χ2n) is 3.34. The third-order valence-corrected chi connectivity index (χ3v) is 2.42. The van der Waals surface area contributed by atoms with Crippen LogP contribution in [0.15, 0.2) is 23.8 Å². The van der Waals surface area contributed by atoms with E-state index in [2.05, 4.69) is 12.2 Å². The van der Waals surface area contributed by atoms with Gasteiger partial charge in [0.05, 0.1) is 6.61 Å². The summed E-state index contributed by atoms with van der Waals surface area (Å²) in [6.45, 7) is 2.27. The summed E-state index contributed by atoms with van der Waals surface area (Å²) >= 11 is 0. The predicted molar refractivity (Wildman–Crippen MR) is 51.9 cm³/mol. The first kappa shape index (κ1) is 9.53. The molecule has 0 aromatic rings. The van der Waals surface area contributed by atoms with Gasteiger partial charge in [0.15, 0.2) is 0 Å². The highest BCUT2D eigenvalue weighted by molar-refractivity contribution is 5.15. The Bertz CT molecular complexity index is 179. The van der Waals surface area contributed by atoms with Crippen LogP contribution in [0.4, 0.5) is 0 Å². The maximum atomic E-state index is 9.12. The van der Waals surface area contributed by atoms with Crippen molar-refractivity contribution in [3.05, 3.63) is 23.8 Å². The van der Waals surface area contributed by atoms with Crippen molar-refractivity contribution in [2.45, 2.75) is 32.6 Å². The van der Waals surface area contributed by atoms with Crippen LogP contribution in [0.1, 0.15) is 32.6 Å². The topological polar surface area (TPSA) is 20.2 Å². The summed E-state index contributed by atoms with van der Waals surface area (Å²) in [5.41, 5.74) is 1.43. The zero-order valence-corrected chi connectivity index (χ0v) is 7.79. The second kappa shape index (κ2) is 5.15. The molecule has 1 aliphatic carbocycles. The lowest BCUT2D eigenvalue weighted by molar-refractivity contribution is 0.265. The smallest absolute Gasteiger partial charge is 0.0531 e. The number of aliphatic hydroxyl groups is 1. The summed E-state index contributed by atoms with van der Waals surface area (Å²) in [5.74, 6) is 0.287. The molecule has 0 saturated carbocycles. The molecule has 1 N–H and O–H groups in total. The van der Waals surface area contributed by atoms with Gasteiger partial charge in [-0.3, -0.25) is 0 Å². The summed E-state index contributed by atoms with van der Waals surface area (Å²) in [6.07, 6.45) is 11.4. The van der Waals surface area contributed by atoms with Crippen molar-refractivity contribution in [3.8, 4) is 0 Å². The van der Waals surface area contributed by atoms with Gasteiger partial charge in [-0.2, -0.15) is 0 Å². The summed E-state index contributed by atoms with van der Waals surface area (Å²) in [6, 6.07) is 0. The number of aliphatic hydroxyl groups excluding tert-OH is 1. The Kier molecular flexibility index (Phi) is 4.09. The highest BCUT2D eigenvalue weighted by Gasteiger charge is 2.11. The van der Waals surface area contributed by atoms with Gasteiger partial charge in [0.25, 0.3) is 0 Å². The van der Waals surface area contributed by atoms with Gasteiger partial charge in [0.2, 0.25) is 0 Å². The van der Waals surface area contributed by atoms with Crippen LogP contribution in [0.5, 0.6) is 0 Å². The fourth-order valence-corrected chi connectivity index (χ4v) is 1.73. The van der Waals surface area contributed by atoms with Crippen molar-refractivity contribution < 1.29 is 5.11 Å². The molecule has 1 rings (SSSR count). The van der Waals surface area contributed by atoms with E-state index in [4.69, 9.17) is 5.11 Å². The molecule has 0 amide bonds. The van der Waals surface area contributed by atoms with Crippen LogP contribution in [-0.2, 0) is 0 Å². The minimum atomic E-state index is 0.260. The average Bonchev–Trinajstić information content (AvgIpc) is 2.15. The summed E-state index contributed by atoms with van der Waals surface area (Å²) < 4.78 is 0. The molecular weight excluding hydrogens is 148 g/mol. The fourth-order valence-electron chi connectivity index (χ4n) is 1.73. The van der Waals surface area contributed by atoms with E-state index in [1.54, 1.807) is 0 Å². The molecule has 1 aliphatic rings. The third-order valence-electron chi connectivity index (χ3n) is 2.42. The Balaban J connectivity index is 2.57. The van der Waals surface area contributed by atoms with Crippen molar-refractivity contribution in [3.63, 3.8) is 0 Å². The van der Waals surface area contributed by atoms with Gasteiger partial charge in [-0.1, -0.05) is 23.8 Å². The van der Waals surface area contributed by atoms with Gasteiger partial charge in [0.1, 0.15) is 0 Å². The van der Waals surface area contributed by atoms with E-state index in [-0.39, 0.29) is 12.5 Å². The van der Waals surface area contributed by atoms with E-state index in [0.717, 1.165) is 0 Å². The molecule has 0 heterocycles. The minimum Gasteiger partial charge on any atom is -0.395 e. The van der Waals surface area contributed by atoms with Gasteiger partial charge < -0.3 is 5.11 Å². The average molecular weight is 166 g/mol. The quantitative estimate of drug-likeness (QED) is 0.639. The van der Waals surface area contributed by atoms with Gasteiger partial charge >= 0.3 is 0 Å². The first-order valence-corrected chi connectivity index (χ1v) is 4.81. The molecule has 1 nitrogen and oxygen atoms in total. The molecule has 0 aromatic carbocycles. The molecule has 0 spiro atoms. The van der Waals surface area contributed by atoms with Gasteiger partial charge in [-0.25, -0.2) is 0 Å². The normalized spacial score (nSPS) is 21.0. The van der Waals surface area contributed by atoms with E-state index in [1.165, 1.54) is 31.3 Å². The highest BCUT2D eigenvalue weighted by Crippen LogP contribution is 2.24. The predicted octanol–water partition coefficient (Wildman–Crippen LogP) is 2.67. The Labute approximate surface area is 74.8 Å². The summed E-state index contributed by atoms with van der Waals surface area (Å²) in [7, 11) is 0. The van der Waals surface area contributed by atoms with Crippen molar-refractivity contribution >= 4 is 0 Å². The molecule has 0 saturated heterocycles. The number of allylic oxidation sites excluding steroid dienone is 2. The molecule has 68 valence electrons. The highest BCUT2D eigenvalue weighted by atomic mass is 16.3. The number of rotatable bonds is 3. The zero-order valence-electron chi connectivity index (χ0n) is 7.79. The van der Waals surface area contributed by atoms with Crippen molar-refractivity contribution in [1.29, 1.82) is 0 Å². The van der Waals surface area contributed by atoms with Crippen LogP contribution < -0.4 is 0 Å². The molecule has 0 fully saturated rings. The molecule has 1 heteroatoms. The molecule has 1 unspecified atom stereocenters. The lowest BCUT2D eigenvalue weighted by Crippen LogP contribution is -2.08. The zero-order chi connectivity index (χ0) is 8.81. The molecule has 0 aromatic heterocycles. The number of hydrogen-bond acceptors (Lipinski definition) is 1. The van der Waals surface area contributed by atoms with E-state index in [1.807, 2.05) is 13.0 Å². The molecule has 12 heavy (non-hydrogen) atoms. The van der Waals surface area contributed by atoms with E-state index in [0.29, 0.717) is 0 Å². The minimum absolute atomic E-state index is 0.260. The van der Waals surface area contributed by atoms with Crippen LogP contribution >= 0.6 is 0 Å². The van der Waals surface area contributed by atoms with Gasteiger partial charge in [0, 0.05) is 5.92 Å². The van der Waals surface area contributed by atoms with Gasteiger partial charge in [-0.15, -0.1) is 0 Å². The molecule has 0 aliphatic heterocycles. The third kappa shape index (κ3) is 2.49. The first-order chi connectivity index (χ1) is 5.88. The SMILES string of the molecule is C/C=C/C(CO)C1=CCCCC1. The Hall–Kier alpha value is -0.560. The van der Waals surface area contributed by atoms with Crippen molar-refractivity contribution in [2.75, 3.05) is 6.61 Å². The largest absolute Gasteiger partial charge is 0.395 e. The summed E-state index contributed by atoms with van der Waals surface area (Å²) in [5, 5.41) is 9.12. The Morgan fingerprint density at radius 1 is 1.58 bits per heavy atom. The monoisotopic (exact) mass is 166 g/mol. The van der Waals surface area contributed by atoms with Crippen LogP contribution in [0.25, 0.3) is 0 Å². The second-order valence-corrected chi connectivity index (χ2v) is 3.34.